The van der Waals surface area contributed by atoms with Crippen molar-refractivity contribution in [3.05, 3.63) is 0 Å². The molecule has 2 aliphatic carbocycles. The van der Waals surface area contributed by atoms with Gasteiger partial charge in [0, 0.05) is 5.41 Å². The summed E-state index contributed by atoms with van der Waals surface area (Å²) < 4.78 is 20.0. The largest absolute Gasteiger partial charge is 0.392 e. The van der Waals surface area contributed by atoms with Crippen molar-refractivity contribution in [2.24, 2.45) is 16.7 Å². The maximum atomic E-state index is 11.0. The third kappa shape index (κ3) is 1.14. The van der Waals surface area contributed by atoms with Crippen molar-refractivity contribution in [3.8, 4) is 0 Å². The van der Waals surface area contributed by atoms with Crippen molar-refractivity contribution in [2.75, 3.05) is 5.75 Å². The van der Waals surface area contributed by atoms with E-state index in [9.17, 15) is 9.32 Å². The van der Waals surface area contributed by atoms with Crippen molar-refractivity contribution in [3.63, 3.8) is 0 Å². The van der Waals surface area contributed by atoms with E-state index in [2.05, 4.69) is 13.8 Å². The Labute approximate surface area is 87.2 Å². The van der Waals surface area contributed by atoms with E-state index in [4.69, 9.17) is 4.55 Å². The highest BCUT2D eigenvalue weighted by Crippen LogP contribution is 2.65. The lowest BCUT2D eigenvalue weighted by Gasteiger charge is -2.39. The Morgan fingerprint density at radius 1 is 1.50 bits per heavy atom. The standard InChI is InChI=1S/C10H18O3S/c1-9(2)7-3-4-10(9,6-14(12)13)8(11)5-7/h7-8,11H,3-6H2,1-2H3,(H,12,13)/t7-,8-,10-/m1/s1. The Bertz CT molecular complexity index is 277. The third-order valence-electron chi connectivity index (χ3n) is 4.77. The molecule has 2 fully saturated rings. The van der Waals surface area contributed by atoms with Gasteiger partial charge in [-0.15, -0.1) is 0 Å². The normalized spacial score (nSPS) is 46.9. The van der Waals surface area contributed by atoms with Gasteiger partial charge in [0.2, 0.25) is 0 Å². The summed E-state index contributed by atoms with van der Waals surface area (Å²) in [7, 11) is 0. The topological polar surface area (TPSA) is 57.5 Å². The predicted octanol–water partition coefficient (Wildman–Crippen LogP) is 1.40. The third-order valence-corrected chi connectivity index (χ3v) is 5.53. The van der Waals surface area contributed by atoms with Crippen LogP contribution in [0, 0.1) is 16.7 Å². The molecule has 0 spiro atoms. The lowest BCUT2D eigenvalue weighted by atomic mass is 9.70. The molecule has 0 heterocycles. The van der Waals surface area contributed by atoms with Crippen LogP contribution >= 0.6 is 0 Å². The molecule has 82 valence electrons. The second-order valence-corrected chi connectivity index (χ2v) is 6.26. The van der Waals surface area contributed by atoms with Crippen molar-refractivity contribution in [2.45, 2.75) is 39.2 Å². The molecule has 2 rings (SSSR count). The molecule has 2 saturated carbocycles. The molecule has 1 unspecified atom stereocenters. The van der Waals surface area contributed by atoms with E-state index in [0.29, 0.717) is 5.92 Å². The smallest absolute Gasteiger partial charge is 0.153 e. The molecule has 0 aromatic heterocycles. The van der Waals surface area contributed by atoms with E-state index in [1.165, 1.54) is 0 Å². The van der Waals surface area contributed by atoms with E-state index in [1.54, 1.807) is 0 Å². The molecule has 0 aliphatic heterocycles. The van der Waals surface area contributed by atoms with Crippen LogP contribution in [0.2, 0.25) is 0 Å². The molecule has 0 saturated heterocycles. The highest BCUT2D eigenvalue weighted by molar-refractivity contribution is 7.79. The second-order valence-electron chi connectivity index (χ2n) is 5.33. The fourth-order valence-corrected chi connectivity index (χ4v) is 4.75. The van der Waals surface area contributed by atoms with Gasteiger partial charge in [0.15, 0.2) is 11.1 Å². The van der Waals surface area contributed by atoms with Crippen LogP contribution in [0.4, 0.5) is 0 Å². The highest BCUT2D eigenvalue weighted by Gasteiger charge is 2.64. The summed E-state index contributed by atoms with van der Waals surface area (Å²) in [6.07, 6.45) is 2.43. The van der Waals surface area contributed by atoms with Crippen LogP contribution in [0.5, 0.6) is 0 Å². The van der Waals surface area contributed by atoms with Gasteiger partial charge in [-0.1, -0.05) is 13.8 Å². The van der Waals surface area contributed by atoms with Crippen molar-refractivity contribution in [1.29, 1.82) is 0 Å². The summed E-state index contributed by atoms with van der Waals surface area (Å²) in [5.41, 5.74) is -0.290. The summed E-state index contributed by atoms with van der Waals surface area (Å²) in [5, 5.41) is 10.0. The molecule has 0 amide bonds. The number of rotatable bonds is 2. The van der Waals surface area contributed by atoms with Crippen molar-refractivity contribution in [1.82, 2.24) is 0 Å². The zero-order valence-electron chi connectivity index (χ0n) is 8.69. The Morgan fingerprint density at radius 3 is 2.50 bits per heavy atom. The molecule has 14 heavy (non-hydrogen) atoms. The molecule has 0 aromatic carbocycles. The van der Waals surface area contributed by atoms with Crippen LogP contribution in [-0.4, -0.2) is 25.7 Å². The first-order valence-electron chi connectivity index (χ1n) is 5.16. The van der Waals surface area contributed by atoms with Crippen LogP contribution in [0.15, 0.2) is 0 Å². The number of hydrogen-bond acceptors (Lipinski definition) is 2. The molecular formula is C10H18O3S. The maximum Gasteiger partial charge on any atom is 0.153 e. The second kappa shape index (κ2) is 3.03. The first kappa shape index (κ1) is 10.6. The Hall–Kier alpha value is 0.0700. The van der Waals surface area contributed by atoms with Gasteiger partial charge >= 0.3 is 0 Å². The summed E-state index contributed by atoms with van der Waals surface area (Å²) in [6.45, 7) is 4.27. The summed E-state index contributed by atoms with van der Waals surface area (Å²) in [6, 6.07) is 0. The van der Waals surface area contributed by atoms with Crippen LogP contribution in [0.3, 0.4) is 0 Å². The van der Waals surface area contributed by atoms with Gasteiger partial charge in [0.25, 0.3) is 0 Å². The molecule has 2 N–H and O–H groups in total. The molecule has 0 aromatic rings. The van der Waals surface area contributed by atoms with Crippen LogP contribution < -0.4 is 0 Å². The average molecular weight is 218 g/mol. The van der Waals surface area contributed by atoms with E-state index in [1.807, 2.05) is 0 Å². The monoisotopic (exact) mass is 218 g/mol. The molecule has 2 bridgehead atoms. The van der Waals surface area contributed by atoms with Crippen LogP contribution in [0.25, 0.3) is 0 Å². The van der Waals surface area contributed by atoms with E-state index in [-0.39, 0.29) is 22.7 Å². The fraction of sp³-hybridized carbons (Fsp3) is 1.00. The van der Waals surface area contributed by atoms with Gasteiger partial charge in [-0.05, 0) is 30.6 Å². The van der Waals surface area contributed by atoms with Gasteiger partial charge in [0.1, 0.15) is 0 Å². The number of aliphatic hydroxyl groups excluding tert-OH is 1. The summed E-state index contributed by atoms with van der Waals surface area (Å²) in [4.78, 5) is 0. The highest BCUT2D eigenvalue weighted by atomic mass is 32.2. The fourth-order valence-electron chi connectivity index (χ4n) is 3.60. The SMILES string of the molecule is CC1(C)[C@@H]2CC[C@@]1(CS(=O)O)[C@H](O)C2. The first-order chi connectivity index (χ1) is 6.40. The lowest BCUT2D eigenvalue weighted by Crippen LogP contribution is -2.43. The minimum atomic E-state index is -1.80. The summed E-state index contributed by atoms with van der Waals surface area (Å²) >= 11 is -1.80. The zero-order valence-corrected chi connectivity index (χ0v) is 9.51. The lowest BCUT2D eigenvalue weighted by molar-refractivity contribution is 0.0152. The molecular weight excluding hydrogens is 200 g/mol. The maximum absolute atomic E-state index is 11.0. The average Bonchev–Trinajstić information content (AvgIpc) is 2.36. The number of hydrogen-bond donors (Lipinski definition) is 2. The zero-order chi connectivity index (χ0) is 10.6. The van der Waals surface area contributed by atoms with Gasteiger partial charge < -0.3 is 9.66 Å². The number of fused-ring (bicyclic) bond motifs is 2. The predicted molar refractivity (Wildman–Crippen MR) is 55.2 cm³/mol. The van der Waals surface area contributed by atoms with E-state index < -0.39 is 11.1 Å². The van der Waals surface area contributed by atoms with Gasteiger partial charge in [0.05, 0.1) is 11.9 Å². The summed E-state index contributed by atoms with van der Waals surface area (Å²) in [5.74, 6) is 0.763. The van der Waals surface area contributed by atoms with E-state index in [0.717, 1.165) is 19.3 Å². The molecule has 0 radical (unpaired) electrons. The molecule has 4 heteroatoms. The van der Waals surface area contributed by atoms with Crippen LogP contribution in [0.1, 0.15) is 33.1 Å². The number of aliphatic hydroxyl groups is 1. The van der Waals surface area contributed by atoms with Crippen molar-refractivity contribution < 1.29 is 13.9 Å². The Kier molecular flexibility index (Phi) is 2.29. The first-order valence-corrected chi connectivity index (χ1v) is 6.43. The van der Waals surface area contributed by atoms with Gasteiger partial charge in [-0.2, -0.15) is 0 Å². The van der Waals surface area contributed by atoms with Crippen molar-refractivity contribution >= 4 is 11.1 Å². The van der Waals surface area contributed by atoms with Gasteiger partial charge in [-0.25, -0.2) is 4.21 Å². The quantitative estimate of drug-likeness (QED) is 0.689. The van der Waals surface area contributed by atoms with E-state index >= 15 is 0 Å². The Morgan fingerprint density at radius 2 is 2.14 bits per heavy atom. The minimum absolute atomic E-state index is 0.0187. The van der Waals surface area contributed by atoms with Gasteiger partial charge in [-0.3, -0.25) is 0 Å². The molecule has 3 nitrogen and oxygen atoms in total. The molecule has 2 aliphatic rings. The van der Waals surface area contributed by atoms with Crippen LogP contribution in [-0.2, 0) is 11.1 Å². The minimum Gasteiger partial charge on any atom is -0.392 e. The Balaban J connectivity index is 2.34. The molecule has 4 atom stereocenters.